The minimum Gasteiger partial charge on any atom is -0.394 e. The number of aliphatic hydroxyl groups is 2. The van der Waals surface area contributed by atoms with Gasteiger partial charge in [0.05, 0.1) is 13.2 Å². The molecule has 0 atom stereocenters. The van der Waals surface area contributed by atoms with E-state index in [2.05, 4.69) is 0 Å². The van der Waals surface area contributed by atoms with Crippen molar-refractivity contribution >= 4 is 0 Å². The molecule has 0 saturated heterocycles. The highest BCUT2D eigenvalue weighted by atomic mass is 16.3. The molecule has 0 saturated carbocycles. The highest BCUT2D eigenvalue weighted by molar-refractivity contribution is 4.94. The largest absolute Gasteiger partial charge is 0.394 e. The normalized spacial score (nSPS) is 12.0. The average Bonchev–Trinajstić information content (AvgIpc) is 2.13. The molecule has 0 rings (SSSR count). The summed E-state index contributed by atoms with van der Waals surface area (Å²) in [6.07, 6.45) is 1.06. The van der Waals surface area contributed by atoms with Gasteiger partial charge in [-0.3, -0.25) is 17.2 Å². The third-order valence-electron chi connectivity index (χ3n) is 1.70. The molecule has 0 amide bonds. The monoisotopic (exact) mass is 224 g/mol. The van der Waals surface area contributed by atoms with Gasteiger partial charge in [-0.2, -0.15) is 0 Å². The second-order valence-corrected chi connectivity index (χ2v) is 3.31. The van der Waals surface area contributed by atoms with Crippen molar-refractivity contribution in [2.24, 2.45) is 34.4 Å². The topological polar surface area (TPSA) is 197 Å². The summed E-state index contributed by atoms with van der Waals surface area (Å²) in [6.45, 7) is 0.242. The van der Waals surface area contributed by atoms with Gasteiger partial charge in [0.1, 0.15) is 11.4 Å². The number of nitrogens with two attached hydrogens (primary N) is 6. The van der Waals surface area contributed by atoms with Crippen LogP contribution in [0.1, 0.15) is 12.8 Å². The van der Waals surface area contributed by atoms with Crippen LogP contribution < -0.4 is 34.4 Å². The summed E-state index contributed by atoms with van der Waals surface area (Å²) in [6, 6.07) is 0. The summed E-state index contributed by atoms with van der Waals surface area (Å²) in [5.74, 6) is -1.55. The maximum atomic E-state index is 7.62. The van der Waals surface area contributed by atoms with Crippen LogP contribution in [0.25, 0.3) is 0 Å². The Balaban J connectivity index is 0. The van der Waals surface area contributed by atoms with E-state index in [1.165, 1.54) is 0 Å². The third kappa shape index (κ3) is 8.66. The summed E-state index contributed by atoms with van der Waals surface area (Å²) >= 11 is 0. The van der Waals surface area contributed by atoms with Crippen molar-refractivity contribution in [2.45, 2.75) is 24.3 Å². The van der Waals surface area contributed by atoms with Gasteiger partial charge in [0, 0.05) is 0 Å². The van der Waals surface area contributed by atoms with E-state index in [9.17, 15) is 0 Å². The number of hydrogen-bond acceptors (Lipinski definition) is 8. The Kier molecular flexibility index (Phi) is 9.01. The zero-order valence-corrected chi connectivity index (χ0v) is 8.89. The van der Waals surface area contributed by atoms with Gasteiger partial charge in [0.15, 0.2) is 0 Å². The molecule has 0 aliphatic rings. The summed E-state index contributed by atoms with van der Waals surface area (Å²) in [4.78, 5) is 0. The molecule has 0 aliphatic heterocycles. The van der Waals surface area contributed by atoms with Gasteiger partial charge in [-0.25, -0.2) is 0 Å². The Morgan fingerprint density at radius 1 is 0.867 bits per heavy atom. The van der Waals surface area contributed by atoms with Gasteiger partial charge in [-0.15, -0.1) is 0 Å². The van der Waals surface area contributed by atoms with Gasteiger partial charge >= 0.3 is 0 Å². The summed E-state index contributed by atoms with van der Waals surface area (Å²) in [7, 11) is 0. The molecule has 0 unspecified atom stereocenters. The highest BCUT2D eigenvalue weighted by Gasteiger charge is 2.35. The molecule has 15 heavy (non-hydrogen) atoms. The first-order chi connectivity index (χ1) is 6.72. The number of rotatable bonds is 5. The van der Waals surface area contributed by atoms with Crippen molar-refractivity contribution in [1.29, 1.82) is 0 Å². The third-order valence-corrected chi connectivity index (χ3v) is 1.70. The molecule has 0 aromatic rings. The molecule has 0 radical (unpaired) electrons. The van der Waals surface area contributed by atoms with Gasteiger partial charge in [-0.1, -0.05) is 0 Å². The van der Waals surface area contributed by atoms with Gasteiger partial charge in [-0.05, 0) is 19.4 Å². The lowest BCUT2D eigenvalue weighted by Gasteiger charge is -2.36. The van der Waals surface area contributed by atoms with Gasteiger partial charge in [0.2, 0.25) is 0 Å². The van der Waals surface area contributed by atoms with Crippen molar-refractivity contribution in [2.75, 3.05) is 19.8 Å². The number of aliphatic hydroxyl groups excluding tert-OH is 2. The fraction of sp³-hybridized carbons (Fsp3) is 1.00. The van der Waals surface area contributed by atoms with E-state index < -0.39 is 11.4 Å². The summed E-state index contributed by atoms with van der Waals surface area (Å²) < 4.78 is 0. The van der Waals surface area contributed by atoms with Crippen LogP contribution >= 0.6 is 0 Å². The Morgan fingerprint density at radius 3 is 1.47 bits per heavy atom. The van der Waals surface area contributed by atoms with E-state index in [0.29, 0.717) is 19.4 Å². The van der Waals surface area contributed by atoms with Crippen molar-refractivity contribution in [3.63, 3.8) is 0 Å². The van der Waals surface area contributed by atoms with Gasteiger partial charge in [0.25, 0.3) is 0 Å². The molecule has 8 nitrogen and oxygen atoms in total. The van der Waals surface area contributed by atoms with E-state index in [-0.39, 0.29) is 13.2 Å². The second kappa shape index (κ2) is 7.91. The number of hydrogen-bond donors (Lipinski definition) is 8. The SMILES string of the molecule is NCCCC(N)(N)C(N)(N)N.OCCO. The van der Waals surface area contributed by atoms with Crippen LogP contribution in [0.5, 0.6) is 0 Å². The molecule has 94 valence electrons. The van der Waals surface area contributed by atoms with E-state index >= 15 is 0 Å². The Labute approximate surface area is 89.6 Å². The Morgan fingerprint density at radius 2 is 1.27 bits per heavy atom. The minimum atomic E-state index is -1.55. The van der Waals surface area contributed by atoms with Crippen LogP contribution in [0.2, 0.25) is 0 Å². The van der Waals surface area contributed by atoms with Crippen LogP contribution in [0.3, 0.4) is 0 Å². The molecular formula is C7H24N6O2. The van der Waals surface area contributed by atoms with Crippen molar-refractivity contribution in [1.82, 2.24) is 0 Å². The maximum Gasteiger partial charge on any atom is 0.148 e. The first-order valence-corrected chi connectivity index (χ1v) is 4.59. The van der Waals surface area contributed by atoms with Crippen LogP contribution in [0, 0.1) is 0 Å². The van der Waals surface area contributed by atoms with E-state index in [1.54, 1.807) is 0 Å². The first kappa shape index (κ1) is 17.1. The quantitative estimate of drug-likeness (QED) is 0.215. The van der Waals surface area contributed by atoms with E-state index in [4.69, 9.17) is 44.6 Å². The molecule has 8 heteroatoms. The molecule has 14 N–H and O–H groups in total. The Hall–Kier alpha value is -0.320. The lowest BCUT2D eigenvalue weighted by Crippen LogP contribution is -2.80. The molecule has 0 spiro atoms. The van der Waals surface area contributed by atoms with E-state index in [1.807, 2.05) is 0 Å². The predicted molar refractivity (Wildman–Crippen MR) is 58.9 cm³/mol. The molecular weight excluding hydrogens is 200 g/mol. The fourth-order valence-electron chi connectivity index (χ4n) is 0.611. The second-order valence-electron chi connectivity index (χ2n) is 3.31. The fourth-order valence-corrected chi connectivity index (χ4v) is 0.611. The van der Waals surface area contributed by atoms with Crippen molar-refractivity contribution in [3.05, 3.63) is 0 Å². The lowest BCUT2D eigenvalue weighted by molar-refractivity contribution is 0.186. The lowest BCUT2D eigenvalue weighted by atomic mass is 9.99. The average molecular weight is 224 g/mol. The summed E-state index contributed by atoms with van der Waals surface area (Å²) in [5, 5.41) is 15.2. The minimum absolute atomic E-state index is 0.125. The molecule has 0 bridgehead atoms. The standard InChI is InChI=1S/C5H18N6.C2H6O2/c6-3-1-2-4(7,8)5(9,10)11;3-1-2-4/h1-3,6-11H2;3-4H,1-2H2. The van der Waals surface area contributed by atoms with E-state index in [0.717, 1.165) is 0 Å². The molecule has 0 fully saturated rings. The molecule has 0 aromatic carbocycles. The molecule has 0 aliphatic carbocycles. The molecule has 0 aromatic heterocycles. The zero-order chi connectivity index (χ0) is 12.5. The molecule has 0 heterocycles. The zero-order valence-electron chi connectivity index (χ0n) is 8.89. The van der Waals surface area contributed by atoms with Crippen LogP contribution in [0.15, 0.2) is 0 Å². The van der Waals surface area contributed by atoms with Crippen molar-refractivity contribution < 1.29 is 10.2 Å². The highest BCUT2D eigenvalue weighted by Crippen LogP contribution is 2.06. The van der Waals surface area contributed by atoms with Crippen molar-refractivity contribution in [3.8, 4) is 0 Å². The maximum absolute atomic E-state index is 7.62. The van der Waals surface area contributed by atoms with Crippen LogP contribution in [0.4, 0.5) is 0 Å². The smallest absolute Gasteiger partial charge is 0.148 e. The summed E-state index contributed by atoms with van der Waals surface area (Å²) in [5.41, 5.74) is 31.0. The predicted octanol–water partition coefficient (Wildman–Crippen LogP) is -4.16. The van der Waals surface area contributed by atoms with Crippen LogP contribution in [-0.4, -0.2) is 41.4 Å². The first-order valence-electron chi connectivity index (χ1n) is 4.59. The Bertz CT molecular complexity index is 145. The van der Waals surface area contributed by atoms with Gasteiger partial charge < -0.3 is 27.4 Å². The van der Waals surface area contributed by atoms with Crippen LogP contribution in [-0.2, 0) is 0 Å².